The van der Waals surface area contributed by atoms with E-state index >= 15 is 0 Å². The lowest BCUT2D eigenvalue weighted by molar-refractivity contribution is -0.132. The molecular weight excluding hydrogens is 310 g/mol. The van der Waals surface area contributed by atoms with Gasteiger partial charge in [-0.25, -0.2) is 4.79 Å². The maximum Gasteiger partial charge on any atom is 0.332 e. The quantitative estimate of drug-likeness (QED) is 0.682. The number of hydrogen-bond acceptors (Lipinski definition) is 2. The standard InChI is InChI=1S/C22H19NO2/c24-22(25)21(16-17-7-3-1-4-8-17)20(19-9-5-2-6-10-19)15-18-11-13-23-14-12-18/h1-14H,15-16H2,(H,24,25). The maximum absolute atomic E-state index is 12.0. The molecule has 0 bridgehead atoms. The number of aromatic nitrogens is 1. The van der Waals surface area contributed by atoms with E-state index in [1.165, 1.54) is 0 Å². The van der Waals surface area contributed by atoms with E-state index in [9.17, 15) is 9.90 Å². The first-order valence-corrected chi connectivity index (χ1v) is 8.17. The minimum atomic E-state index is -0.878. The molecule has 0 aliphatic heterocycles. The molecule has 0 amide bonds. The summed E-state index contributed by atoms with van der Waals surface area (Å²) in [6.07, 6.45) is 4.41. The van der Waals surface area contributed by atoms with Crippen molar-refractivity contribution >= 4 is 11.5 Å². The molecule has 3 aromatic rings. The van der Waals surface area contributed by atoms with Gasteiger partial charge in [-0.3, -0.25) is 4.98 Å². The van der Waals surface area contributed by atoms with Crippen LogP contribution in [0.4, 0.5) is 0 Å². The van der Waals surface area contributed by atoms with Crippen LogP contribution < -0.4 is 0 Å². The van der Waals surface area contributed by atoms with Crippen molar-refractivity contribution in [1.29, 1.82) is 0 Å². The zero-order valence-electron chi connectivity index (χ0n) is 13.8. The summed E-state index contributed by atoms with van der Waals surface area (Å²) >= 11 is 0. The van der Waals surface area contributed by atoms with E-state index in [1.807, 2.05) is 72.8 Å². The molecule has 25 heavy (non-hydrogen) atoms. The SMILES string of the molecule is O=C(O)C(Cc1ccccc1)=C(Cc1ccncc1)c1ccccc1. The predicted molar refractivity (Wildman–Crippen MR) is 99.1 cm³/mol. The fourth-order valence-electron chi connectivity index (χ4n) is 2.84. The van der Waals surface area contributed by atoms with E-state index < -0.39 is 5.97 Å². The number of carboxylic acid groups (broad SMARTS) is 1. The average molecular weight is 329 g/mol. The highest BCUT2D eigenvalue weighted by molar-refractivity contribution is 5.97. The van der Waals surface area contributed by atoms with Gasteiger partial charge in [0.05, 0.1) is 0 Å². The average Bonchev–Trinajstić information content (AvgIpc) is 2.67. The van der Waals surface area contributed by atoms with Crippen molar-refractivity contribution in [3.05, 3.63) is 107 Å². The van der Waals surface area contributed by atoms with E-state index in [0.717, 1.165) is 22.3 Å². The molecule has 3 heteroatoms. The number of rotatable bonds is 6. The zero-order valence-corrected chi connectivity index (χ0v) is 13.8. The smallest absolute Gasteiger partial charge is 0.332 e. The first kappa shape index (κ1) is 16.7. The fourth-order valence-corrected chi connectivity index (χ4v) is 2.84. The molecule has 0 unspecified atom stereocenters. The lowest BCUT2D eigenvalue weighted by atomic mass is 9.90. The van der Waals surface area contributed by atoms with Gasteiger partial charge in [0, 0.05) is 24.4 Å². The normalized spacial score (nSPS) is 11.7. The van der Waals surface area contributed by atoms with Crippen LogP contribution in [0, 0.1) is 0 Å². The number of carboxylic acids is 1. The molecule has 0 saturated heterocycles. The Morgan fingerprint density at radius 3 is 1.92 bits per heavy atom. The van der Waals surface area contributed by atoms with Crippen molar-refractivity contribution in [2.75, 3.05) is 0 Å². The Hall–Kier alpha value is -3.20. The molecule has 0 aliphatic rings. The van der Waals surface area contributed by atoms with Crippen LogP contribution in [0.3, 0.4) is 0 Å². The first-order valence-electron chi connectivity index (χ1n) is 8.17. The molecule has 3 rings (SSSR count). The van der Waals surface area contributed by atoms with Crippen molar-refractivity contribution in [1.82, 2.24) is 4.98 Å². The number of carbonyl (C=O) groups is 1. The monoisotopic (exact) mass is 329 g/mol. The van der Waals surface area contributed by atoms with Crippen molar-refractivity contribution in [2.24, 2.45) is 0 Å². The summed E-state index contributed by atoms with van der Waals surface area (Å²) in [5.41, 5.74) is 4.23. The molecule has 2 aromatic carbocycles. The lowest BCUT2D eigenvalue weighted by Gasteiger charge is -2.14. The molecule has 1 N–H and O–H groups in total. The van der Waals surface area contributed by atoms with Gasteiger partial charge in [-0.1, -0.05) is 60.7 Å². The van der Waals surface area contributed by atoms with Gasteiger partial charge >= 0.3 is 5.97 Å². The Morgan fingerprint density at radius 1 is 0.760 bits per heavy atom. The Labute approximate surface area is 147 Å². The molecule has 0 radical (unpaired) electrons. The van der Waals surface area contributed by atoms with Gasteiger partial charge < -0.3 is 5.11 Å². The Bertz CT molecular complexity index is 856. The van der Waals surface area contributed by atoms with Crippen LogP contribution >= 0.6 is 0 Å². The highest BCUT2D eigenvalue weighted by Gasteiger charge is 2.17. The Balaban J connectivity index is 2.08. The van der Waals surface area contributed by atoms with Crippen molar-refractivity contribution < 1.29 is 9.90 Å². The molecule has 0 fully saturated rings. The van der Waals surface area contributed by atoms with Crippen LogP contribution in [0.25, 0.3) is 5.57 Å². The van der Waals surface area contributed by atoms with Gasteiger partial charge in [-0.2, -0.15) is 0 Å². The molecule has 0 spiro atoms. The summed E-state index contributed by atoms with van der Waals surface area (Å²) in [7, 11) is 0. The van der Waals surface area contributed by atoms with Crippen LogP contribution in [0.2, 0.25) is 0 Å². The van der Waals surface area contributed by atoms with Gasteiger partial charge in [0.25, 0.3) is 0 Å². The van der Waals surface area contributed by atoms with E-state index in [1.54, 1.807) is 12.4 Å². The summed E-state index contributed by atoms with van der Waals surface area (Å²) in [5, 5.41) is 9.87. The van der Waals surface area contributed by atoms with Crippen molar-refractivity contribution in [3.63, 3.8) is 0 Å². The number of benzene rings is 2. The molecule has 1 heterocycles. The molecule has 0 saturated carbocycles. The number of aliphatic carboxylic acids is 1. The first-order chi connectivity index (χ1) is 12.2. The molecule has 0 atom stereocenters. The van der Waals surface area contributed by atoms with E-state index in [-0.39, 0.29) is 0 Å². The molecule has 124 valence electrons. The summed E-state index contributed by atoms with van der Waals surface area (Å²) in [6.45, 7) is 0. The minimum absolute atomic E-state index is 0.394. The summed E-state index contributed by atoms with van der Waals surface area (Å²) < 4.78 is 0. The second-order valence-corrected chi connectivity index (χ2v) is 5.82. The lowest BCUT2D eigenvalue weighted by Crippen LogP contribution is -2.09. The third kappa shape index (κ3) is 4.42. The van der Waals surface area contributed by atoms with Gasteiger partial charge in [-0.05, 0) is 40.8 Å². The van der Waals surface area contributed by atoms with E-state index in [2.05, 4.69) is 4.98 Å². The van der Waals surface area contributed by atoms with Gasteiger partial charge in [0.15, 0.2) is 0 Å². The van der Waals surface area contributed by atoms with Crippen molar-refractivity contribution in [2.45, 2.75) is 12.8 Å². The summed E-state index contributed by atoms with van der Waals surface area (Å²) in [4.78, 5) is 16.1. The fraction of sp³-hybridized carbons (Fsp3) is 0.0909. The summed E-state index contributed by atoms with van der Waals surface area (Å²) in [6, 6.07) is 23.3. The van der Waals surface area contributed by atoms with Crippen LogP contribution in [-0.2, 0) is 17.6 Å². The third-order valence-corrected chi connectivity index (χ3v) is 4.10. The van der Waals surface area contributed by atoms with Gasteiger partial charge in [0.1, 0.15) is 0 Å². The highest BCUT2D eigenvalue weighted by Crippen LogP contribution is 2.26. The van der Waals surface area contributed by atoms with Crippen LogP contribution in [0.1, 0.15) is 16.7 Å². The minimum Gasteiger partial charge on any atom is -0.478 e. The third-order valence-electron chi connectivity index (χ3n) is 4.10. The van der Waals surface area contributed by atoms with Crippen LogP contribution in [0.15, 0.2) is 90.8 Å². The number of pyridine rings is 1. The maximum atomic E-state index is 12.0. The van der Waals surface area contributed by atoms with Gasteiger partial charge in [0.2, 0.25) is 0 Å². The number of nitrogens with zero attached hydrogens (tertiary/aromatic N) is 1. The Morgan fingerprint density at radius 2 is 1.32 bits per heavy atom. The Kier molecular flexibility index (Phi) is 5.37. The van der Waals surface area contributed by atoms with E-state index in [0.29, 0.717) is 18.4 Å². The summed E-state index contributed by atoms with van der Waals surface area (Å²) in [5.74, 6) is -0.878. The second-order valence-electron chi connectivity index (χ2n) is 5.82. The molecular formula is C22H19NO2. The van der Waals surface area contributed by atoms with Gasteiger partial charge in [-0.15, -0.1) is 0 Å². The van der Waals surface area contributed by atoms with Crippen molar-refractivity contribution in [3.8, 4) is 0 Å². The number of hydrogen-bond donors (Lipinski definition) is 1. The molecule has 0 aliphatic carbocycles. The van der Waals surface area contributed by atoms with Crippen LogP contribution in [-0.4, -0.2) is 16.1 Å². The number of allylic oxidation sites excluding steroid dienone is 1. The predicted octanol–water partition coefficient (Wildman–Crippen LogP) is 4.41. The highest BCUT2D eigenvalue weighted by atomic mass is 16.4. The second kappa shape index (κ2) is 8.06. The zero-order chi connectivity index (χ0) is 17.5. The van der Waals surface area contributed by atoms with Crippen LogP contribution in [0.5, 0.6) is 0 Å². The molecule has 1 aromatic heterocycles. The largest absolute Gasteiger partial charge is 0.478 e. The topological polar surface area (TPSA) is 50.2 Å². The molecule has 3 nitrogen and oxygen atoms in total. The van der Waals surface area contributed by atoms with E-state index in [4.69, 9.17) is 0 Å².